The van der Waals surface area contributed by atoms with E-state index in [0.717, 1.165) is 30.3 Å². The lowest BCUT2D eigenvalue weighted by molar-refractivity contribution is -0.119. The number of allylic oxidation sites excluding steroid dienone is 3. The number of pyridine rings is 3. The number of anilines is 5. The fourth-order valence-electron chi connectivity index (χ4n) is 10.8. The van der Waals surface area contributed by atoms with E-state index in [9.17, 15) is 60.7 Å². The van der Waals surface area contributed by atoms with Crippen LogP contribution in [0.2, 0.25) is 25.1 Å². The zero-order valence-corrected chi connectivity index (χ0v) is 58.5. The average molecular weight is 1540 g/mol. The van der Waals surface area contributed by atoms with Crippen LogP contribution in [0.3, 0.4) is 0 Å². The number of nitrogens with one attached hydrogen (secondary N) is 6. The minimum atomic E-state index is -1.29. The van der Waals surface area contributed by atoms with E-state index in [1.807, 2.05) is 0 Å². The van der Waals surface area contributed by atoms with Crippen LogP contribution < -0.4 is 54.7 Å². The van der Waals surface area contributed by atoms with Crippen LogP contribution in [0.1, 0.15) is 86.2 Å². The van der Waals surface area contributed by atoms with E-state index >= 15 is 0 Å². The number of nitrogen functional groups attached to an aromatic ring is 1. The average Bonchev–Trinajstić information content (AvgIpc) is 1.59. The van der Waals surface area contributed by atoms with Crippen molar-refractivity contribution in [3.63, 3.8) is 0 Å². The predicted octanol–water partition coefficient (Wildman–Crippen LogP) is 11.2. The Bertz CT molecular complexity index is 5060. The number of nitrogens with zero attached hydrogens (tertiary/aromatic N) is 8. The van der Waals surface area contributed by atoms with Gasteiger partial charge in [-0.05, 0) is 167 Å². The summed E-state index contributed by atoms with van der Waals surface area (Å²) in [5.74, 6) is -4.06. The number of aromatic nitrogens is 9. The number of H-pyrrole nitrogens is 1. The molecule has 4 aliphatic rings. The van der Waals surface area contributed by atoms with E-state index in [4.69, 9.17) is 81.1 Å². The Morgan fingerprint density at radius 1 is 0.519 bits per heavy atom. The summed E-state index contributed by atoms with van der Waals surface area (Å²) in [4.78, 5) is 133. The van der Waals surface area contributed by atoms with E-state index in [2.05, 4.69) is 61.5 Å². The molecule has 4 unspecified atom stereocenters. The maximum atomic E-state index is 13.9. The molecular weight excluding hydrogens is 1490 g/mol. The fraction of sp³-hybridized carbons (Fsp3) is 0.116. The lowest BCUT2D eigenvalue weighted by atomic mass is 9.75. The number of nitrogens with two attached hydrogens (primary N) is 2. The number of Topliss-reactive ketones (excluding diaryl/α,β-unsaturated/α-hetero) is 2. The number of aromatic amines is 1. The van der Waals surface area contributed by atoms with E-state index < -0.39 is 80.5 Å². The van der Waals surface area contributed by atoms with E-state index in [0.29, 0.717) is 45.3 Å². The molecule has 1 saturated heterocycles. The summed E-state index contributed by atoms with van der Waals surface area (Å²) in [5, 5.41) is 14.9. The van der Waals surface area contributed by atoms with Crippen LogP contribution in [0, 0.1) is 29.2 Å². The number of ketones is 2. The number of hydrogen-bond donors (Lipinski definition) is 8. The maximum Gasteiger partial charge on any atom is 0.277 e. The Morgan fingerprint density at radius 3 is 1.36 bits per heavy atom. The Hall–Kier alpha value is -11.5. The summed E-state index contributed by atoms with van der Waals surface area (Å²) in [6, 6.07) is 29.1. The van der Waals surface area contributed by atoms with Crippen molar-refractivity contribution in [3.05, 3.63) is 307 Å². The Morgan fingerprint density at radius 2 is 0.962 bits per heavy atom. The number of amides is 4. The van der Waals surface area contributed by atoms with E-state index in [1.54, 1.807) is 45.2 Å². The summed E-state index contributed by atoms with van der Waals surface area (Å²) in [6.07, 6.45) is 11.7. The van der Waals surface area contributed by atoms with Gasteiger partial charge < -0.3 is 43.0 Å². The van der Waals surface area contributed by atoms with Crippen LogP contribution >= 0.6 is 69.6 Å². The Balaban J connectivity index is 0.000000153. The SMILES string of the molecule is CC(=O)c1cc(F)cc(Cl)c1.CC1(c2cc(F)cc(Cl)c2)NC(=O)C2=CC=C(Cl)C(=O)C21.CC1(c2cc(F)cc(Cl)c2)NC(=O)c2ccc(Nc3ccncn3)c(=O)n21.CC1(c2cc(F)cc(Cl)c2)NC(=O)c2ccc(Nc3ccncn3)c(=O)n21.NC(=O)c1ccc(Cl)c(=O)[nH]1.Nc1ccncn1. The number of carbonyl (C=O) groups excluding carboxylic acids is 6. The molecule has 0 radical (unpaired) electrons. The molecule has 9 heterocycles. The highest BCUT2D eigenvalue weighted by atomic mass is 35.5. The molecule has 10 aromatic rings. The predicted molar refractivity (Wildman–Crippen MR) is 381 cm³/mol. The maximum absolute atomic E-state index is 13.9. The monoisotopic (exact) mass is 1530 g/mol. The molecule has 6 aromatic heterocycles. The van der Waals surface area contributed by atoms with Crippen LogP contribution in [0.5, 0.6) is 0 Å². The van der Waals surface area contributed by atoms with Crippen LogP contribution in [-0.2, 0) is 26.5 Å². The van der Waals surface area contributed by atoms with Gasteiger partial charge in [0, 0.05) is 60.9 Å². The van der Waals surface area contributed by atoms with Gasteiger partial charge in [0.15, 0.2) is 11.6 Å². The minimum absolute atomic E-state index is 0.0370. The van der Waals surface area contributed by atoms with Gasteiger partial charge in [0.05, 0.1) is 16.5 Å². The largest absolute Gasteiger partial charge is 0.384 e. The summed E-state index contributed by atoms with van der Waals surface area (Å²) in [7, 11) is 0. The smallest absolute Gasteiger partial charge is 0.277 e. The van der Waals surface area contributed by atoms with Crippen molar-refractivity contribution in [3.8, 4) is 0 Å². The molecule has 4 atom stereocenters. The van der Waals surface area contributed by atoms with Gasteiger partial charge in [0.2, 0.25) is 5.91 Å². The molecule has 1 aliphatic carbocycles. The standard InChI is InChI=1S/2C18H13ClFN5O2.C15H10Cl2FNO2.C8H6ClFO.C6H5ClN2O2.C4H5N3/c2*1-18(10-6-11(19)8-12(20)7-10)24-16(26)14-3-2-13(17(27)25(14)18)23-15-4-5-21-9-22-15;1-15(7-4-8(16)6-9(18)5-7)12-10(14(21)19-15)2-3-11(17)13(12)20;1-5(11)6-2-7(9)4-8(10)3-6;7-3-1-2-4(5(8)10)9-6(3)11;5-4-1-2-6-3-7-4/h2*2-9H,1H3,(H,24,26)(H,21,22,23);2-6,12H,1H3,(H,19,21);2-4H,1H3;1-2H,(H2,8,10)(H,9,11);1-3H,(H2,5,6,7). The Kier molecular flexibility index (Phi) is 23.8. The zero-order chi connectivity index (χ0) is 75.7. The third-order valence-electron chi connectivity index (χ3n) is 15.7. The zero-order valence-electron chi connectivity index (χ0n) is 54.0. The van der Waals surface area contributed by atoms with Crippen molar-refractivity contribution in [1.29, 1.82) is 0 Å². The first kappa shape index (κ1) is 76.7. The molecule has 25 nitrogen and oxygen atoms in total. The van der Waals surface area contributed by atoms with Crippen LogP contribution in [-0.4, -0.2) is 79.2 Å². The first-order chi connectivity index (χ1) is 49.2. The third kappa shape index (κ3) is 17.5. The van der Waals surface area contributed by atoms with Crippen LogP contribution in [0.4, 0.5) is 46.4 Å². The van der Waals surface area contributed by atoms with Crippen molar-refractivity contribution in [1.82, 2.24) is 60.0 Å². The number of hydrogen-bond acceptors (Lipinski definition) is 18. The molecule has 0 spiro atoms. The third-order valence-corrected chi connectivity index (χ3v) is 17.2. The highest BCUT2D eigenvalue weighted by molar-refractivity contribution is 6.44. The number of carbonyl (C=O) groups is 6. The summed E-state index contributed by atoms with van der Waals surface area (Å²) >= 11 is 34.6. The Labute approximate surface area is 615 Å². The molecular formula is C69H52Cl6F4N16O9. The molecule has 4 amide bonds. The highest BCUT2D eigenvalue weighted by Crippen LogP contribution is 2.45. The van der Waals surface area contributed by atoms with Gasteiger partial charge in [-0.25, -0.2) is 47.5 Å². The molecule has 35 heteroatoms. The molecule has 14 rings (SSSR count). The number of fused-ring (bicyclic) bond motifs is 3. The van der Waals surface area contributed by atoms with Gasteiger partial charge in [-0.2, -0.15) is 0 Å². The summed E-state index contributed by atoms with van der Waals surface area (Å²) < 4.78 is 56.5. The van der Waals surface area contributed by atoms with Gasteiger partial charge in [0.25, 0.3) is 34.4 Å². The molecule has 10 N–H and O–H groups in total. The topological polar surface area (TPSA) is 369 Å². The van der Waals surface area contributed by atoms with E-state index in [-0.39, 0.29) is 76.1 Å². The van der Waals surface area contributed by atoms with Gasteiger partial charge in [-0.1, -0.05) is 75.7 Å². The van der Waals surface area contributed by atoms with Crippen LogP contribution in [0.15, 0.2) is 202 Å². The van der Waals surface area contributed by atoms with Crippen molar-refractivity contribution in [2.75, 3.05) is 16.4 Å². The molecule has 0 bridgehead atoms. The molecule has 532 valence electrons. The van der Waals surface area contributed by atoms with Gasteiger partial charge in [-0.3, -0.25) is 52.3 Å². The first-order valence-corrected chi connectivity index (χ1v) is 32.2. The van der Waals surface area contributed by atoms with Crippen molar-refractivity contribution in [2.24, 2.45) is 11.7 Å². The van der Waals surface area contributed by atoms with Gasteiger partial charge >= 0.3 is 0 Å². The quantitative estimate of drug-likeness (QED) is 0.0491. The molecule has 104 heavy (non-hydrogen) atoms. The minimum Gasteiger partial charge on any atom is -0.384 e. The lowest BCUT2D eigenvalue weighted by Gasteiger charge is -2.31. The van der Waals surface area contributed by atoms with Gasteiger partial charge in [-0.15, -0.1) is 0 Å². The molecule has 1 fully saturated rings. The molecule has 4 aromatic carbocycles. The second-order valence-corrected chi connectivity index (χ2v) is 25.4. The number of primary amides is 1. The second kappa shape index (κ2) is 32.2. The van der Waals surface area contributed by atoms with Crippen molar-refractivity contribution in [2.45, 2.75) is 44.6 Å². The summed E-state index contributed by atoms with van der Waals surface area (Å²) in [5.41, 5.74) is 7.53. The molecule has 0 saturated carbocycles. The van der Waals surface area contributed by atoms with Crippen molar-refractivity contribution < 1.29 is 46.3 Å². The lowest BCUT2D eigenvalue weighted by Crippen LogP contribution is -2.46. The number of rotatable bonds is 9. The molecule has 3 aliphatic heterocycles. The first-order valence-electron chi connectivity index (χ1n) is 29.9. The van der Waals surface area contributed by atoms with Crippen molar-refractivity contribution >= 4 is 134 Å². The summed E-state index contributed by atoms with van der Waals surface area (Å²) in [6.45, 7) is 6.25. The van der Waals surface area contributed by atoms with E-state index in [1.165, 1.54) is 138 Å². The second-order valence-electron chi connectivity index (χ2n) is 22.9. The van der Waals surface area contributed by atoms with Crippen LogP contribution in [0.25, 0.3) is 0 Å². The normalized spacial score (nSPS) is 17.7. The highest BCUT2D eigenvalue weighted by Gasteiger charge is 2.53. The number of halogens is 10. The number of benzene rings is 4. The fourth-order valence-corrected chi connectivity index (χ4v) is 12.0. The van der Waals surface area contributed by atoms with Gasteiger partial charge in [0.1, 0.15) is 105 Å².